The molecule has 0 radical (unpaired) electrons. The van der Waals surface area contributed by atoms with E-state index in [0.29, 0.717) is 0 Å². The van der Waals surface area contributed by atoms with Crippen LogP contribution < -0.4 is 5.32 Å². The van der Waals surface area contributed by atoms with Gasteiger partial charge < -0.3 is 5.32 Å². The van der Waals surface area contributed by atoms with Crippen LogP contribution in [0.4, 0.5) is 5.82 Å². The highest BCUT2D eigenvalue weighted by atomic mass is 79.9. The maximum absolute atomic E-state index is 4.34. The number of nitrogens with zero attached hydrogens (tertiary/aromatic N) is 2. The first-order chi connectivity index (χ1) is 8.25. The van der Waals surface area contributed by atoms with Crippen molar-refractivity contribution in [2.75, 3.05) is 43.0 Å². The van der Waals surface area contributed by atoms with Crippen LogP contribution in [-0.2, 0) is 0 Å². The summed E-state index contributed by atoms with van der Waals surface area (Å²) in [6.07, 6.45) is 1.86. The molecule has 1 aromatic rings. The van der Waals surface area contributed by atoms with Gasteiger partial charge in [0.1, 0.15) is 5.82 Å². The first-order valence-corrected chi connectivity index (χ1v) is 7.86. The third-order valence-corrected chi connectivity index (χ3v) is 4.66. The number of anilines is 1. The van der Waals surface area contributed by atoms with Gasteiger partial charge in [0.15, 0.2) is 0 Å². The third kappa shape index (κ3) is 4.16. The van der Waals surface area contributed by atoms with Gasteiger partial charge in [-0.25, -0.2) is 4.98 Å². The van der Waals surface area contributed by atoms with Gasteiger partial charge in [-0.3, -0.25) is 4.90 Å². The minimum Gasteiger partial charge on any atom is -0.369 e. The topological polar surface area (TPSA) is 28.2 Å². The van der Waals surface area contributed by atoms with E-state index in [4.69, 9.17) is 0 Å². The molecule has 17 heavy (non-hydrogen) atoms. The molecule has 0 aliphatic carbocycles. The lowest BCUT2D eigenvalue weighted by molar-refractivity contribution is 0.314. The van der Waals surface area contributed by atoms with E-state index < -0.39 is 0 Å². The lowest BCUT2D eigenvalue weighted by atomic mass is 10.3. The van der Waals surface area contributed by atoms with Gasteiger partial charge in [-0.15, -0.1) is 0 Å². The molecular formula is C12H18BrN3S. The Kier molecular flexibility index (Phi) is 5.13. The van der Waals surface area contributed by atoms with E-state index in [9.17, 15) is 0 Å². The summed E-state index contributed by atoms with van der Waals surface area (Å²) in [7, 11) is 0. The molecule has 0 saturated carbocycles. The average Bonchev–Trinajstić information content (AvgIpc) is 2.35. The molecule has 5 heteroatoms. The van der Waals surface area contributed by atoms with Crippen LogP contribution in [0, 0.1) is 6.92 Å². The highest BCUT2D eigenvalue weighted by molar-refractivity contribution is 9.10. The fraction of sp³-hybridized carbons (Fsp3) is 0.583. The number of hydrogen-bond acceptors (Lipinski definition) is 4. The summed E-state index contributed by atoms with van der Waals surface area (Å²) < 4.78 is 1.07. The molecule has 3 nitrogen and oxygen atoms in total. The third-order valence-electron chi connectivity index (χ3n) is 2.88. The van der Waals surface area contributed by atoms with Gasteiger partial charge in [0.25, 0.3) is 0 Å². The normalized spacial score (nSPS) is 17.1. The van der Waals surface area contributed by atoms with Gasteiger partial charge in [0.2, 0.25) is 0 Å². The largest absolute Gasteiger partial charge is 0.369 e. The molecule has 0 aromatic carbocycles. The number of hydrogen-bond donors (Lipinski definition) is 1. The predicted octanol–water partition coefficient (Wildman–Crippen LogP) is 2.61. The number of thioether (sulfide) groups is 1. The summed E-state index contributed by atoms with van der Waals surface area (Å²) >= 11 is 5.51. The standard InChI is InChI=1S/C12H18BrN3S/c1-10-8-12(15-9-11(10)13)14-2-3-16-4-6-17-7-5-16/h8-9H,2-7H2,1H3,(H,14,15). The molecule has 0 atom stereocenters. The van der Waals surface area contributed by atoms with Crippen LogP contribution in [0.1, 0.15) is 5.56 Å². The summed E-state index contributed by atoms with van der Waals surface area (Å²) in [5.74, 6) is 3.52. The summed E-state index contributed by atoms with van der Waals surface area (Å²) in [6, 6.07) is 2.08. The molecule has 1 aliphatic rings. The van der Waals surface area contributed by atoms with E-state index in [2.05, 4.69) is 55.9 Å². The molecule has 1 aromatic heterocycles. The van der Waals surface area contributed by atoms with E-state index in [-0.39, 0.29) is 0 Å². The van der Waals surface area contributed by atoms with Crippen molar-refractivity contribution in [2.45, 2.75) is 6.92 Å². The Labute approximate surface area is 116 Å². The number of nitrogens with one attached hydrogen (secondary N) is 1. The minimum absolute atomic E-state index is 0.970. The van der Waals surface area contributed by atoms with E-state index in [0.717, 1.165) is 23.4 Å². The number of halogens is 1. The van der Waals surface area contributed by atoms with Crippen molar-refractivity contribution >= 4 is 33.5 Å². The lowest BCUT2D eigenvalue weighted by Gasteiger charge is -2.26. The summed E-state index contributed by atoms with van der Waals surface area (Å²) in [5, 5.41) is 3.38. The van der Waals surface area contributed by atoms with E-state index in [1.807, 2.05) is 6.20 Å². The van der Waals surface area contributed by atoms with E-state index >= 15 is 0 Å². The maximum atomic E-state index is 4.34. The molecule has 94 valence electrons. The van der Waals surface area contributed by atoms with Crippen LogP contribution in [0.5, 0.6) is 0 Å². The molecule has 1 fully saturated rings. The molecular weight excluding hydrogens is 298 g/mol. The summed E-state index contributed by atoms with van der Waals surface area (Å²) in [6.45, 7) is 6.60. The molecule has 1 saturated heterocycles. The Morgan fingerprint density at radius 3 is 2.94 bits per heavy atom. The SMILES string of the molecule is Cc1cc(NCCN2CCSCC2)ncc1Br. The molecule has 1 N–H and O–H groups in total. The smallest absolute Gasteiger partial charge is 0.126 e. The fourth-order valence-corrected chi connectivity index (χ4v) is 3.00. The summed E-state index contributed by atoms with van der Waals surface area (Å²) in [4.78, 5) is 6.85. The maximum Gasteiger partial charge on any atom is 0.126 e. The van der Waals surface area contributed by atoms with Gasteiger partial charge in [-0.1, -0.05) is 0 Å². The Hall–Kier alpha value is -0.260. The zero-order valence-electron chi connectivity index (χ0n) is 10.1. The van der Waals surface area contributed by atoms with Crippen LogP contribution in [0.3, 0.4) is 0 Å². The first kappa shape index (κ1) is 13.2. The zero-order chi connectivity index (χ0) is 12.1. The zero-order valence-corrected chi connectivity index (χ0v) is 12.5. The van der Waals surface area contributed by atoms with Crippen LogP contribution in [0.25, 0.3) is 0 Å². The van der Waals surface area contributed by atoms with E-state index in [1.54, 1.807) is 0 Å². The molecule has 2 heterocycles. The molecule has 0 bridgehead atoms. The predicted molar refractivity (Wildman–Crippen MR) is 78.9 cm³/mol. The molecule has 0 amide bonds. The highest BCUT2D eigenvalue weighted by Gasteiger charge is 2.09. The van der Waals surface area contributed by atoms with Crippen LogP contribution in [0.2, 0.25) is 0 Å². The Bertz CT molecular complexity index is 367. The second-order valence-corrected chi connectivity index (χ2v) is 6.28. The van der Waals surface area contributed by atoms with Gasteiger partial charge in [0, 0.05) is 48.4 Å². The second-order valence-electron chi connectivity index (χ2n) is 4.20. The van der Waals surface area contributed by atoms with Gasteiger partial charge in [-0.05, 0) is 34.5 Å². The molecule has 0 spiro atoms. The van der Waals surface area contributed by atoms with Crippen molar-refractivity contribution in [1.82, 2.24) is 9.88 Å². The van der Waals surface area contributed by atoms with Crippen molar-refractivity contribution in [3.05, 3.63) is 22.3 Å². The first-order valence-electron chi connectivity index (χ1n) is 5.92. The Morgan fingerprint density at radius 1 is 1.47 bits per heavy atom. The summed E-state index contributed by atoms with van der Waals surface area (Å²) in [5.41, 5.74) is 1.22. The molecule has 1 aliphatic heterocycles. The van der Waals surface area contributed by atoms with Crippen LogP contribution in [-0.4, -0.2) is 47.6 Å². The van der Waals surface area contributed by atoms with E-state index in [1.165, 1.54) is 30.2 Å². The molecule has 0 unspecified atom stereocenters. The number of aryl methyl sites for hydroxylation is 1. The Morgan fingerprint density at radius 2 is 2.24 bits per heavy atom. The van der Waals surface area contributed by atoms with Crippen molar-refractivity contribution in [2.24, 2.45) is 0 Å². The number of pyridine rings is 1. The van der Waals surface area contributed by atoms with Crippen LogP contribution in [0.15, 0.2) is 16.7 Å². The second kappa shape index (κ2) is 6.61. The lowest BCUT2D eigenvalue weighted by Crippen LogP contribution is -2.36. The van der Waals surface area contributed by atoms with Gasteiger partial charge >= 0.3 is 0 Å². The van der Waals surface area contributed by atoms with Gasteiger partial charge in [-0.2, -0.15) is 11.8 Å². The quantitative estimate of drug-likeness (QED) is 0.924. The van der Waals surface area contributed by atoms with Gasteiger partial charge in [0.05, 0.1) is 0 Å². The average molecular weight is 316 g/mol. The van der Waals surface area contributed by atoms with Crippen molar-refractivity contribution in [1.29, 1.82) is 0 Å². The Balaban J connectivity index is 1.75. The molecule has 2 rings (SSSR count). The van der Waals surface area contributed by atoms with Crippen molar-refractivity contribution in [3.8, 4) is 0 Å². The van der Waals surface area contributed by atoms with Crippen molar-refractivity contribution < 1.29 is 0 Å². The fourth-order valence-electron chi connectivity index (χ4n) is 1.80. The highest BCUT2D eigenvalue weighted by Crippen LogP contribution is 2.17. The minimum atomic E-state index is 0.970. The number of rotatable bonds is 4. The number of aromatic nitrogens is 1. The van der Waals surface area contributed by atoms with Crippen molar-refractivity contribution in [3.63, 3.8) is 0 Å². The van der Waals surface area contributed by atoms with Crippen LogP contribution >= 0.6 is 27.7 Å². The monoisotopic (exact) mass is 315 g/mol.